The Morgan fingerprint density at radius 3 is 2.68 bits per heavy atom. The second-order valence-electron chi connectivity index (χ2n) is 8.91. The maximum absolute atomic E-state index is 13.5. The van der Waals surface area contributed by atoms with E-state index in [1.165, 1.54) is 17.5 Å². The predicted octanol–water partition coefficient (Wildman–Crippen LogP) is 2.89. The highest BCUT2D eigenvalue weighted by molar-refractivity contribution is 7.16. The SMILES string of the molecule is O=C(NCc1ccc(Cl)cc1)/C(=C\NCCN1CCOCC1)C(=O)c1cc(CC2CNCCO2)sc1Cl. The van der Waals surface area contributed by atoms with Gasteiger partial charge in [0.2, 0.25) is 5.78 Å². The van der Waals surface area contributed by atoms with Gasteiger partial charge in [-0.2, -0.15) is 0 Å². The van der Waals surface area contributed by atoms with Gasteiger partial charge < -0.3 is 25.4 Å². The fraction of sp³-hybridized carbons (Fsp3) is 0.462. The first kappa shape index (κ1) is 28.0. The molecule has 0 spiro atoms. The van der Waals surface area contributed by atoms with Crippen LogP contribution in [0.25, 0.3) is 0 Å². The van der Waals surface area contributed by atoms with Crippen molar-refractivity contribution in [1.82, 2.24) is 20.9 Å². The number of hydrogen-bond acceptors (Lipinski definition) is 8. The summed E-state index contributed by atoms with van der Waals surface area (Å²) in [5.74, 6) is -0.884. The van der Waals surface area contributed by atoms with Crippen LogP contribution < -0.4 is 16.0 Å². The van der Waals surface area contributed by atoms with Crippen LogP contribution in [-0.4, -0.2) is 81.8 Å². The van der Waals surface area contributed by atoms with Crippen LogP contribution in [0.3, 0.4) is 0 Å². The number of benzene rings is 1. The third-order valence-corrected chi connectivity index (χ3v) is 7.83. The zero-order valence-electron chi connectivity index (χ0n) is 20.6. The molecule has 1 aromatic carbocycles. The molecule has 3 N–H and O–H groups in total. The molecule has 3 heterocycles. The van der Waals surface area contributed by atoms with Gasteiger partial charge in [-0.25, -0.2) is 0 Å². The van der Waals surface area contributed by atoms with Crippen LogP contribution in [0.5, 0.6) is 0 Å². The number of amides is 1. The second-order valence-corrected chi connectivity index (χ2v) is 11.1. The minimum absolute atomic E-state index is 0.0118. The molecule has 2 fully saturated rings. The molecule has 0 bridgehead atoms. The Kier molecular flexibility index (Phi) is 10.8. The van der Waals surface area contributed by atoms with E-state index in [1.807, 2.05) is 12.1 Å². The number of thiophene rings is 1. The number of nitrogens with one attached hydrogen (secondary N) is 3. The van der Waals surface area contributed by atoms with E-state index in [0.29, 0.717) is 47.7 Å². The maximum Gasteiger partial charge on any atom is 0.257 e. The number of hydrogen-bond donors (Lipinski definition) is 3. The molecule has 11 heteroatoms. The van der Waals surface area contributed by atoms with Gasteiger partial charge >= 0.3 is 0 Å². The molecule has 0 saturated carbocycles. The number of halogens is 2. The van der Waals surface area contributed by atoms with Gasteiger partial charge in [0.1, 0.15) is 9.91 Å². The number of ketones is 1. The van der Waals surface area contributed by atoms with E-state index in [-0.39, 0.29) is 18.2 Å². The van der Waals surface area contributed by atoms with Crippen molar-refractivity contribution in [1.29, 1.82) is 0 Å². The highest BCUT2D eigenvalue weighted by atomic mass is 35.5. The Morgan fingerprint density at radius 1 is 1.16 bits per heavy atom. The monoisotopic (exact) mass is 566 g/mol. The lowest BCUT2D eigenvalue weighted by Crippen LogP contribution is -2.39. The molecule has 1 unspecified atom stereocenters. The first-order valence-corrected chi connectivity index (χ1v) is 14.0. The maximum atomic E-state index is 13.5. The van der Waals surface area contributed by atoms with Gasteiger partial charge in [-0.15, -0.1) is 11.3 Å². The van der Waals surface area contributed by atoms with Crippen LogP contribution in [0.2, 0.25) is 9.36 Å². The molecule has 2 aliphatic rings. The summed E-state index contributed by atoms with van der Waals surface area (Å²) < 4.78 is 11.5. The van der Waals surface area contributed by atoms with Crippen molar-refractivity contribution >= 4 is 46.2 Å². The molecule has 200 valence electrons. The topological polar surface area (TPSA) is 91.9 Å². The van der Waals surface area contributed by atoms with Crippen molar-refractivity contribution < 1.29 is 19.1 Å². The quantitative estimate of drug-likeness (QED) is 0.127. The van der Waals surface area contributed by atoms with Crippen molar-refractivity contribution in [2.24, 2.45) is 0 Å². The normalized spacial score (nSPS) is 19.0. The fourth-order valence-corrected chi connectivity index (χ4v) is 5.63. The van der Waals surface area contributed by atoms with Crippen molar-refractivity contribution in [3.05, 3.63) is 67.5 Å². The number of rotatable bonds is 11. The number of nitrogens with zero attached hydrogens (tertiary/aromatic N) is 1. The van der Waals surface area contributed by atoms with E-state index in [4.69, 9.17) is 32.7 Å². The van der Waals surface area contributed by atoms with Crippen LogP contribution in [-0.2, 0) is 27.2 Å². The number of Topliss-reactive ketones (excluding diaryl/α,β-unsaturated/α-hetero) is 1. The lowest BCUT2D eigenvalue weighted by Gasteiger charge is -2.26. The van der Waals surface area contributed by atoms with Crippen molar-refractivity contribution in [3.63, 3.8) is 0 Å². The summed E-state index contributed by atoms with van der Waals surface area (Å²) in [6, 6.07) is 8.96. The Hall–Kier alpha value is -1.98. The highest BCUT2D eigenvalue weighted by Gasteiger charge is 2.25. The fourth-order valence-electron chi connectivity index (χ4n) is 4.13. The van der Waals surface area contributed by atoms with Crippen LogP contribution in [0.4, 0.5) is 0 Å². The lowest BCUT2D eigenvalue weighted by atomic mass is 10.0. The van der Waals surface area contributed by atoms with Crippen LogP contribution in [0, 0.1) is 0 Å². The Labute approximate surface area is 231 Å². The van der Waals surface area contributed by atoms with E-state index in [0.717, 1.165) is 43.2 Å². The molecule has 1 aromatic heterocycles. The first-order chi connectivity index (χ1) is 18.0. The third kappa shape index (κ3) is 8.51. The van der Waals surface area contributed by atoms with Gasteiger partial charge in [0.25, 0.3) is 5.91 Å². The molecule has 2 aromatic rings. The molecular weight excluding hydrogens is 535 g/mol. The van der Waals surface area contributed by atoms with E-state index < -0.39 is 11.7 Å². The third-order valence-electron chi connectivity index (χ3n) is 6.19. The minimum Gasteiger partial charge on any atom is -0.389 e. The van der Waals surface area contributed by atoms with Gasteiger partial charge in [0, 0.05) is 68.3 Å². The van der Waals surface area contributed by atoms with E-state index in [9.17, 15) is 9.59 Å². The van der Waals surface area contributed by atoms with Gasteiger partial charge in [0.05, 0.1) is 31.5 Å². The number of morpholine rings is 2. The Balaban J connectivity index is 1.44. The average Bonchev–Trinajstić information content (AvgIpc) is 3.28. The molecule has 0 aliphatic carbocycles. The van der Waals surface area contributed by atoms with Crippen molar-refractivity contribution in [2.75, 3.05) is 59.1 Å². The minimum atomic E-state index is -0.470. The summed E-state index contributed by atoms with van der Waals surface area (Å²) in [5, 5.41) is 9.92. The van der Waals surface area contributed by atoms with Crippen molar-refractivity contribution in [3.8, 4) is 0 Å². The Morgan fingerprint density at radius 2 is 1.95 bits per heavy atom. The molecule has 1 atom stereocenters. The average molecular weight is 568 g/mol. The van der Waals surface area contributed by atoms with Crippen LogP contribution >= 0.6 is 34.5 Å². The summed E-state index contributed by atoms with van der Waals surface area (Å²) in [6.07, 6.45) is 2.19. The molecule has 37 heavy (non-hydrogen) atoms. The largest absolute Gasteiger partial charge is 0.389 e. The second kappa shape index (κ2) is 14.2. The standard InChI is InChI=1S/C26H32Cl2N4O4S/c27-19-3-1-18(2-4-19)15-31-26(34)23(17-29-5-7-32-8-11-35-12-9-32)24(33)22-14-21(37-25(22)28)13-20-16-30-6-10-36-20/h1-4,14,17,20,29-30H,5-13,15-16H2,(H,31,34)/b23-17-. The van der Waals surface area contributed by atoms with Crippen molar-refractivity contribution in [2.45, 2.75) is 19.1 Å². The van der Waals surface area contributed by atoms with Gasteiger partial charge in [-0.05, 0) is 23.8 Å². The summed E-state index contributed by atoms with van der Waals surface area (Å²) >= 11 is 13.8. The summed E-state index contributed by atoms with van der Waals surface area (Å²) in [4.78, 5) is 29.9. The molecule has 2 saturated heterocycles. The smallest absolute Gasteiger partial charge is 0.257 e. The van der Waals surface area contributed by atoms with Crippen LogP contribution in [0.15, 0.2) is 42.1 Å². The molecule has 2 aliphatic heterocycles. The number of carbonyl (C=O) groups excluding carboxylic acids is 2. The van der Waals surface area contributed by atoms with Crippen LogP contribution in [0.1, 0.15) is 20.8 Å². The lowest BCUT2D eigenvalue weighted by molar-refractivity contribution is -0.117. The zero-order valence-corrected chi connectivity index (χ0v) is 22.9. The molecule has 0 radical (unpaired) electrons. The number of ether oxygens (including phenoxy) is 2. The van der Waals surface area contributed by atoms with E-state index >= 15 is 0 Å². The van der Waals surface area contributed by atoms with Gasteiger partial charge in [-0.3, -0.25) is 14.5 Å². The van der Waals surface area contributed by atoms with E-state index in [1.54, 1.807) is 18.2 Å². The summed E-state index contributed by atoms with van der Waals surface area (Å²) in [5.41, 5.74) is 1.22. The molecule has 8 nitrogen and oxygen atoms in total. The summed E-state index contributed by atoms with van der Waals surface area (Å²) in [7, 11) is 0. The first-order valence-electron chi connectivity index (χ1n) is 12.4. The Bertz CT molecular complexity index is 1080. The summed E-state index contributed by atoms with van der Waals surface area (Å²) in [6.45, 7) is 7.06. The molecule has 1 amide bonds. The number of carbonyl (C=O) groups is 2. The molecule has 4 rings (SSSR count). The molecular formula is C26H32Cl2N4O4S. The predicted molar refractivity (Wildman–Crippen MR) is 147 cm³/mol. The van der Waals surface area contributed by atoms with Gasteiger partial charge in [0.15, 0.2) is 0 Å². The van der Waals surface area contributed by atoms with Gasteiger partial charge in [-0.1, -0.05) is 35.3 Å². The van der Waals surface area contributed by atoms with E-state index in [2.05, 4.69) is 20.9 Å². The highest BCUT2D eigenvalue weighted by Crippen LogP contribution is 2.31. The zero-order chi connectivity index (χ0) is 26.0.